The van der Waals surface area contributed by atoms with E-state index in [1.54, 1.807) is 0 Å². The molecule has 4 nitrogen and oxygen atoms in total. The monoisotopic (exact) mass is 470 g/mol. The van der Waals surface area contributed by atoms with Gasteiger partial charge in [0.15, 0.2) is 0 Å². The molecular weight excluding hydrogens is 431 g/mol. The van der Waals surface area contributed by atoms with Gasteiger partial charge in [0.05, 0.1) is 0 Å². The fourth-order valence-electron chi connectivity index (χ4n) is 3.38. The fourth-order valence-corrected chi connectivity index (χ4v) is 8.47. The maximum absolute atomic E-state index is 12.0. The van der Waals surface area contributed by atoms with Crippen molar-refractivity contribution in [1.29, 1.82) is 0 Å². The summed E-state index contributed by atoms with van der Waals surface area (Å²) in [4.78, 5) is 16.7. The van der Waals surface area contributed by atoms with Crippen molar-refractivity contribution >= 4 is 30.8 Å². The molecule has 0 saturated carbocycles. The van der Waals surface area contributed by atoms with Crippen LogP contribution in [-0.2, 0) is 9.53 Å². The zero-order valence-corrected chi connectivity index (χ0v) is 20.4. The van der Waals surface area contributed by atoms with Crippen molar-refractivity contribution in [2.24, 2.45) is 0 Å². The van der Waals surface area contributed by atoms with Crippen molar-refractivity contribution in [3.05, 3.63) is 12.5 Å². The van der Waals surface area contributed by atoms with Crippen LogP contribution in [0.5, 0.6) is 0 Å². The van der Waals surface area contributed by atoms with E-state index in [0.717, 1.165) is 0 Å². The Morgan fingerprint density at radius 2 is 1.65 bits per heavy atom. The number of unbranched alkanes of at least 4 members (excludes halogenated alkanes) is 3. The summed E-state index contributed by atoms with van der Waals surface area (Å²) in [6, 6.07) is -0.285. The minimum atomic E-state index is -0.837. The Kier molecular flexibility index (Phi) is 11.6. The van der Waals surface area contributed by atoms with Gasteiger partial charge < -0.3 is 0 Å². The first-order valence-corrected chi connectivity index (χ1v) is 13.4. The van der Waals surface area contributed by atoms with Gasteiger partial charge in [-0.2, -0.15) is 0 Å². The van der Waals surface area contributed by atoms with Gasteiger partial charge in [-0.05, 0) is 0 Å². The number of nitrogens with zero attached hydrogens (tertiary/aromatic N) is 2. The molecule has 1 atom stereocenters. The Hall–Kier alpha value is -0.521. The molecule has 0 spiro atoms. The van der Waals surface area contributed by atoms with Crippen LogP contribution in [0, 0.1) is 0 Å². The van der Waals surface area contributed by atoms with E-state index in [2.05, 4.69) is 27.0 Å². The molecule has 0 N–H and O–H groups in total. The first kappa shape index (κ1) is 23.5. The first-order chi connectivity index (χ1) is 12.5. The molecule has 0 amide bonds. The molecule has 2 radical (unpaired) electrons. The summed E-state index contributed by atoms with van der Waals surface area (Å²) in [6.07, 6.45) is 15.8. The SMILES string of the molecule is CCCC[C](CCCC)(CCCC)[Sn][c]1cn(C(C)C(=O)OCC)cn1. The number of rotatable bonds is 14. The number of aromatic nitrogens is 2. The molecule has 0 aliphatic heterocycles. The molecule has 0 aliphatic carbocycles. The van der Waals surface area contributed by atoms with Crippen molar-refractivity contribution in [3.63, 3.8) is 0 Å². The van der Waals surface area contributed by atoms with Crippen LogP contribution in [0.3, 0.4) is 0 Å². The molecule has 1 unspecified atom stereocenters. The van der Waals surface area contributed by atoms with Gasteiger partial charge >= 0.3 is 171 Å². The Labute approximate surface area is 170 Å². The van der Waals surface area contributed by atoms with Crippen molar-refractivity contribution in [2.45, 2.75) is 102 Å². The Morgan fingerprint density at radius 1 is 1.12 bits per heavy atom. The van der Waals surface area contributed by atoms with E-state index < -0.39 is 21.1 Å². The third-order valence-electron chi connectivity index (χ3n) is 5.10. The molecule has 0 fully saturated rings. The van der Waals surface area contributed by atoms with E-state index in [1.165, 1.54) is 61.5 Å². The van der Waals surface area contributed by atoms with Crippen molar-refractivity contribution < 1.29 is 9.53 Å². The van der Waals surface area contributed by atoms with E-state index in [-0.39, 0.29) is 12.0 Å². The number of carbonyl (C=O) groups is 1. The minimum absolute atomic E-state index is 0.170. The van der Waals surface area contributed by atoms with Crippen LogP contribution >= 0.6 is 0 Å². The number of esters is 1. The standard InChI is InChI=1S/C13H27.C8H11N2O2.Sn/c1-4-7-10-13(11-8-5-2)12-9-6-3;1-3-12-8(11)7(2)10-5-4-9-6-10;/h4-12H2,1-3H3;5-7H,3H2,1-2H3;. The number of hydrogen-bond donors (Lipinski definition) is 0. The average Bonchev–Trinajstić information content (AvgIpc) is 3.10. The Balaban J connectivity index is 2.92. The molecule has 1 rings (SSSR count). The second-order valence-corrected chi connectivity index (χ2v) is 12.6. The molecule has 148 valence electrons. The summed E-state index contributed by atoms with van der Waals surface area (Å²) in [6.45, 7) is 11.1. The Morgan fingerprint density at radius 3 is 2.12 bits per heavy atom. The van der Waals surface area contributed by atoms with E-state index in [4.69, 9.17) is 9.72 Å². The van der Waals surface area contributed by atoms with Gasteiger partial charge in [-0.1, -0.05) is 0 Å². The van der Waals surface area contributed by atoms with Gasteiger partial charge in [-0.25, -0.2) is 0 Å². The van der Waals surface area contributed by atoms with Crippen molar-refractivity contribution in [2.75, 3.05) is 6.61 Å². The number of carbonyl (C=O) groups excluding carboxylic acids is 1. The van der Waals surface area contributed by atoms with E-state index in [9.17, 15) is 4.79 Å². The molecule has 1 aromatic heterocycles. The van der Waals surface area contributed by atoms with Gasteiger partial charge in [-0.15, -0.1) is 0 Å². The molecular formula is C21H38N2O2Sn. The second kappa shape index (κ2) is 12.8. The van der Waals surface area contributed by atoms with Gasteiger partial charge in [0.2, 0.25) is 0 Å². The summed E-state index contributed by atoms with van der Waals surface area (Å²) in [5, 5.41) is 0. The number of ether oxygens (including phenoxy) is 1. The van der Waals surface area contributed by atoms with Gasteiger partial charge in [0, 0.05) is 0 Å². The van der Waals surface area contributed by atoms with Gasteiger partial charge in [-0.3, -0.25) is 0 Å². The second-order valence-electron chi connectivity index (χ2n) is 7.35. The quantitative estimate of drug-likeness (QED) is 0.283. The molecule has 26 heavy (non-hydrogen) atoms. The molecule has 0 bridgehead atoms. The predicted molar refractivity (Wildman–Crippen MR) is 110 cm³/mol. The summed E-state index contributed by atoms with van der Waals surface area (Å²) >= 11 is -0.837. The molecule has 1 heterocycles. The van der Waals surface area contributed by atoms with Gasteiger partial charge in [0.25, 0.3) is 0 Å². The Bertz CT molecular complexity index is 494. The van der Waals surface area contributed by atoms with Crippen LogP contribution in [-0.4, -0.2) is 43.3 Å². The van der Waals surface area contributed by atoms with Crippen LogP contribution in [0.4, 0.5) is 0 Å². The van der Waals surface area contributed by atoms with Crippen molar-refractivity contribution in [3.8, 4) is 0 Å². The number of imidazole rings is 1. The third kappa shape index (κ3) is 7.61. The van der Waals surface area contributed by atoms with Crippen LogP contribution in [0.2, 0.25) is 3.43 Å². The van der Waals surface area contributed by atoms with Gasteiger partial charge in [0.1, 0.15) is 0 Å². The van der Waals surface area contributed by atoms with Crippen LogP contribution in [0.1, 0.15) is 98.4 Å². The zero-order valence-electron chi connectivity index (χ0n) is 17.5. The fraction of sp³-hybridized carbons (Fsp3) is 0.810. The summed E-state index contributed by atoms with van der Waals surface area (Å²) in [7, 11) is 0. The van der Waals surface area contributed by atoms with Crippen LogP contribution in [0.15, 0.2) is 12.5 Å². The number of hydrogen-bond acceptors (Lipinski definition) is 3. The van der Waals surface area contributed by atoms with E-state index in [1.807, 2.05) is 24.7 Å². The summed E-state index contributed by atoms with van der Waals surface area (Å²) in [5.74, 6) is -0.170. The molecule has 1 aromatic rings. The first-order valence-electron chi connectivity index (χ1n) is 10.5. The zero-order chi connectivity index (χ0) is 19.4. The van der Waals surface area contributed by atoms with Crippen LogP contribution in [0.25, 0.3) is 0 Å². The average molecular weight is 469 g/mol. The molecule has 0 saturated heterocycles. The predicted octanol–water partition coefficient (Wildman–Crippen LogP) is 5.07. The topological polar surface area (TPSA) is 44.1 Å². The van der Waals surface area contributed by atoms with Crippen LogP contribution < -0.4 is 3.71 Å². The summed E-state index contributed by atoms with van der Waals surface area (Å²) in [5.41, 5.74) is 0. The normalized spacial score (nSPS) is 13.0. The van der Waals surface area contributed by atoms with E-state index in [0.29, 0.717) is 10.0 Å². The van der Waals surface area contributed by atoms with E-state index >= 15 is 0 Å². The third-order valence-corrected chi connectivity index (χ3v) is 10.2. The van der Waals surface area contributed by atoms with Crippen molar-refractivity contribution in [1.82, 2.24) is 9.55 Å². The molecule has 5 heteroatoms. The molecule has 0 aromatic carbocycles. The molecule has 0 aliphatic rings. The summed E-state index contributed by atoms with van der Waals surface area (Å²) < 4.78 is 8.91. The maximum atomic E-state index is 12.0.